The standard InChI is InChI=1S/C15H11ClN2O3/c1-8-5-6-21-12(8)13-17-14(19)11(15(20)18-13)9-3-2-4-10(16)7-9/h2-7H,1H3,(H2,17,18,19,20). The molecule has 2 aromatic heterocycles. The number of aromatic hydroxyl groups is 1. The van der Waals surface area contributed by atoms with E-state index in [1.54, 1.807) is 30.3 Å². The van der Waals surface area contributed by atoms with E-state index in [0.717, 1.165) is 5.56 Å². The van der Waals surface area contributed by atoms with Crippen LogP contribution in [0.2, 0.25) is 5.02 Å². The summed E-state index contributed by atoms with van der Waals surface area (Å²) in [7, 11) is 0. The summed E-state index contributed by atoms with van der Waals surface area (Å²) in [6, 6.07) is 8.39. The van der Waals surface area contributed by atoms with E-state index >= 15 is 0 Å². The quantitative estimate of drug-likeness (QED) is 0.760. The van der Waals surface area contributed by atoms with Crippen LogP contribution in [0, 0.1) is 6.92 Å². The fraction of sp³-hybridized carbons (Fsp3) is 0.0667. The molecule has 1 aromatic carbocycles. The first-order valence-electron chi connectivity index (χ1n) is 6.20. The van der Waals surface area contributed by atoms with Gasteiger partial charge in [0, 0.05) is 5.02 Å². The molecule has 106 valence electrons. The van der Waals surface area contributed by atoms with Gasteiger partial charge in [-0.25, -0.2) is 0 Å². The molecule has 0 aliphatic carbocycles. The molecule has 3 aromatic rings. The normalized spacial score (nSPS) is 10.8. The third-order valence-electron chi connectivity index (χ3n) is 3.09. The van der Waals surface area contributed by atoms with Crippen LogP contribution in [0.3, 0.4) is 0 Å². The number of aryl methyl sites for hydroxylation is 1. The number of nitrogens with one attached hydrogen (secondary N) is 1. The Kier molecular flexibility index (Phi) is 3.27. The van der Waals surface area contributed by atoms with Crippen LogP contribution in [0.25, 0.3) is 22.7 Å². The average molecular weight is 303 g/mol. The van der Waals surface area contributed by atoms with Gasteiger partial charge in [-0.2, -0.15) is 4.98 Å². The van der Waals surface area contributed by atoms with Gasteiger partial charge in [0.05, 0.1) is 6.26 Å². The molecule has 0 fully saturated rings. The number of benzene rings is 1. The van der Waals surface area contributed by atoms with Gasteiger partial charge in [0.2, 0.25) is 5.88 Å². The summed E-state index contributed by atoms with van der Waals surface area (Å²) in [4.78, 5) is 18.9. The molecule has 5 nitrogen and oxygen atoms in total. The van der Waals surface area contributed by atoms with Crippen molar-refractivity contribution >= 4 is 11.6 Å². The second-order valence-corrected chi connectivity index (χ2v) is 4.99. The van der Waals surface area contributed by atoms with Crippen molar-refractivity contribution in [3.05, 3.63) is 57.5 Å². The van der Waals surface area contributed by atoms with Gasteiger partial charge in [0.1, 0.15) is 5.56 Å². The molecule has 2 heterocycles. The lowest BCUT2D eigenvalue weighted by Crippen LogP contribution is -2.12. The molecule has 0 aliphatic rings. The number of furan rings is 1. The first kappa shape index (κ1) is 13.5. The number of H-pyrrole nitrogens is 1. The van der Waals surface area contributed by atoms with Crippen molar-refractivity contribution in [1.29, 1.82) is 0 Å². The Balaban J connectivity index is 2.18. The van der Waals surface area contributed by atoms with Crippen LogP contribution < -0.4 is 5.56 Å². The fourth-order valence-electron chi connectivity index (χ4n) is 2.09. The predicted molar refractivity (Wildman–Crippen MR) is 79.4 cm³/mol. The van der Waals surface area contributed by atoms with Gasteiger partial charge in [-0.1, -0.05) is 23.7 Å². The summed E-state index contributed by atoms with van der Waals surface area (Å²) in [5, 5.41) is 10.6. The zero-order valence-electron chi connectivity index (χ0n) is 11.1. The molecule has 0 spiro atoms. The molecule has 0 atom stereocenters. The van der Waals surface area contributed by atoms with E-state index in [1.165, 1.54) is 6.26 Å². The third kappa shape index (κ3) is 2.43. The second-order valence-electron chi connectivity index (χ2n) is 4.56. The summed E-state index contributed by atoms with van der Waals surface area (Å²) in [6.07, 6.45) is 1.49. The Bertz CT molecular complexity index is 867. The molecule has 0 saturated heterocycles. The number of hydrogen-bond acceptors (Lipinski definition) is 4. The van der Waals surface area contributed by atoms with Gasteiger partial charge in [-0.3, -0.25) is 4.79 Å². The van der Waals surface area contributed by atoms with Crippen molar-refractivity contribution < 1.29 is 9.52 Å². The molecule has 6 heteroatoms. The van der Waals surface area contributed by atoms with E-state index in [-0.39, 0.29) is 17.3 Å². The second kappa shape index (κ2) is 5.10. The first-order valence-corrected chi connectivity index (χ1v) is 6.58. The largest absolute Gasteiger partial charge is 0.493 e. The smallest absolute Gasteiger partial charge is 0.263 e. The minimum atomic E-state index is -0.462. The maximum absolute atomic E-state index is 12.2. The molecule has 2 N–H and O–H groups in total. The number of aromatic nitrogens is 2. The zero-order valence-corrected chi connectivity index (χ0v) is 11.8. The van der Waals surface area contributed by atoms with E-state index in [1.807, 2.05) is 6.92 Å². The van der Waals surface area contributed by atoms with E-state index in [4.69, 9.17) is 16.0 Å². The van der Waals surface area contributed by atoms with Gasteiger partial charge in [-0.05, 0) is 36.2 Å². The van der Waals surface area contributed by atoms with Gasteiger partial charge in [0.15, 0.2) is 11.6 Å². The number of nitrogens with zero attached hydrogens (tertiary/aromatic N) is 1. The SMILES string of the molecule is Cc1ccoc1-c1nc(O)c(-c2cccc(Cl)c2)c(=O)[nH]1. The van der Waals surface area contributed by atoms with Gasteiger partial charge >= 0.3 is 0 Å². The van der Waals surface area contributed by atoms with E-state index in [2.05, 4.69) is 9.97 Å². The van der Waals surface area contributed by atoms with E-state index in [9.17, 15) is 9.90 Å². The highest BCUT2D eigenvalue weighted by molar-refractivity contribution is 6.30. The lowest BCUT2D eigenvalue weighted by atomic mass is 10.1. The molecular formula is C15H11ClN2O3. The molecule has 0 unspecified atom stereocenters. The summed E-state index contributed by atoms with van der Waals surface area (Å²) in [5.41, 5.74) is 0.922. The number of rotatable bonds is 2. The Morgan fingerprint density at radius 1 is 1.33 bits per heavy atom. The molecule has 0 aliphatic heterocycles. The summed E-state index contributed by atoms with van der Waals surface area (Å²) >= 11 is 5.90. The number of hydrogen-bond donors (Lipinski definition) is 2. The number of aromatic amines is 1. The fourth-order valence-corrected chi connectivity index (χ4v) is 2.28. The maximum atomic E-state index is 12.2. The molecule has 0 saturated carbocycles. The van der Waals surface area contributed by atoms with Crippen molar-refractivity contribution in [2.45, 2.75) is 6.92 Å². The molecule has 0 amide bonds. The van der Waals surface area contributed by atoms with Crippen molar-refractivity contribution in [3.8, 4) is 28.6 Å². The first-order chi connectivity index (χ1) is 10.1. The van der Waals surface area contributed by atoms with Gasteiger partial charge < -0.3 is 14.5 Å². The van der Waals surface area contributed by atoms with Crippen LogP contribution in [0.5, 0.6) is 5.88 Å². The van der Waals surface area contributed by atoms with Gasteiger partial charge in [-0.15, -0.1) is 0 Å². The molecular weight excluding hydrogens is 292 g/mol. The zero-order chi connectivity index (χ0) is 15.0. The average Bonchev–Trinajstić information content (AvgIpc) is 2.84. The Morgan fingerprint density at radius 3 is 2.76 bits per heavy atom. The highest BCUT2D eigenvalue weighted by Gasteiger charge is 2.16. The van der Waals surface area contributed by atoms with Crippen LogP contribution in [-0.4, -0.2) is 15.1 Å². The van der Waals surface area contributed by atoms with Crippen molar-refractivity contribution in [3.63, 3.8) is 0 Å². The minimum Gasteiger partial charge on any atom is -0.493 e. The molecule has 0 bridgehead atoms. The Labute approximate surface area is 124 Å². The molecule has 0 radical (unpaired) electrons. The van der Waals surface area contributed by atoms with Crippen molar-refractivity contribution in [1.82, 2.24) is 9.97 Å². The van der Waals surface area contributed by atoms with Crippen LogP contribution in [0.15, 0.2) is 45.8 Å². The third-order valence-corrected chi connectivity index (χ3v) is 3.33. The highest BCUT2D eigenvalue weighted by atomic mass is 35.5. The summed E-state index contributed by atoms with van der Waals surface area (Å²) in [6.45, 7) is 1.82. The summed E-state index contributed by atoms with van der Waals surface area (Å²) in [5.74, 6) is 0.234. The van der Waals surface area contributed by atoms with Crippen LogP contribution >= 0.6 is 11.6 Å². The summed E-state index contributed by atoms with van der Waals surface area (Å²) < 4.78 is 5.26. The van der Waals surface area contributed by atoms with E-state index < -0.39 is 5.56 Å². The minimum absolute atomic E-state index is 0.0745. The Hall–Kier alpha value is -2.53. The highest BCUT2D eigenvalue weighted by Crippen LogP contribution is 2.28. The lowest BCUT2D eigenvalue weighted by Gasteiger charge is -2.05. The monoisotopic (exact) mass is 302 g/mol. The van der Waals surface area contributed by atoms with Crippen LogP contribution in [0.1, 0.15) is 5.56 Å². The van der Waals surface area contributed by atoms with Crippen molar-refractivity contribution in [2.24, 2.45) is 0 Å². The van der Waals surface area contributed by atoms with E-state index in [0.29, 0.717) is 16.3 Å². The van der Waals surface area contributed by atoms with Crippen LogP contribution in [0.4, 0.5) is 0 Å². The molecule has 21 heavy (non-hydrogen) atoms. The Morgan fingerprint density at radius 2 is 2.14 bits per heavy atom. The van der Waals surface area contributed by atoms with Crippen molar-refractivity contribution in [2.75, 3.05) is 0 Å². The van der Waals surface area contributed by atoms with Crippen LogP contribution in [-0.2, 0) is 0 Å². The lowest BCUT2D eigenvalue weighted by molar-refractivity contribution is 0.452. The predicted octanol–water partition coefficient (Wildman–Crippen LogP) is 3.36. The topological polar surface area (TPSA) is 79.1 Å². The number of halogens is 1. The van der Waals surface area contributed by atoms with Gasteiger partial charge in [0.25, 0.3) is 5.56 Å². The molecule has 3 rings (SSSR count). The maximum Gasteiger partial charge on any atom is 0.263 e.